The van der Waals surface area contributed by atoms with Crippen LogP contribution >= 0.6 is 23.2 Å². The third kappa shape index (κ3) is 3.77. The third-order valence-corrected chi connectivity index (χ3v) is 5.25. The van der Waals surface area contributed by atoms with Gasteiger partial charge >= 0.3 is 0 Å². The molecule has 2 rings (SSSR count). The van der Waals surface area contributed by atoms with Gasteiger partial charge in [-0.05, 0) is 44.0 Å². The second-order valence-corrected chi connectivity index (χ2v) is 7.36. The molecule has 0 unspecified atom stereocenters. The van der Waals surface area contributed by atoms with Crippen LogP contribution in [0.2, 0.25) is 10.0 Å². The number of phenols is 1. The van der Waals surface area contributed by atoms with Gasteiger partial charge in [-0.2, -0.15) is 0 Å². The predicted molar refractivity (Wildman–Crippen MR) is 78.9 cm³/mol. The van der Waals surface area contributed by atoms with Crippen molar-refractivity contribution in [1.29, 1.82) is 0 Å². The molecule has 0 spiro atoms. The maximum Gasteiger partial charge on any atom is 0.244 e. The van der Waals surface area contributed by atoms with Crippen molar-refractivity contribution in [3.8, 4) is 5.75 Å². The molecule has 0 atom stereocenters. The van der Waals surface area contributed by atoms with Crippen LogP contribution in [-0.4, -0.2) is 33.2 Å². The van der Waals surface area contributed by atoms with Gasteiger partial charge in [0.15, 0.2) is 5.75 Å². The summed E-state index contributed by atoms with van der Waals surface area (Å²) in [5, 5.41) is 13.1. The van der Waals surface area contributed by atoms with Gasteiger partial charge in [0.05, 0.1) is 5.02 Å². The van der Waals surface area contributed by atoms with E-state index in [2.05, 4.69) is 10.0 Å². The summed E-state index contributed by atoms with van der Waals surface area (Å²) in [5.74, 6) is -0.184. The Kier molecular flexibility index (Phi) is 5.14. The number of aromatic hydroxyl groups is 1. The molecular formula is C12H16Cl2N2O3S. The molecule has 112 valence electrons. The molecule has 0 amide bonds. The SMILES string of the molecule is O=S(=O)(NCC1CCNCC1)c1cc(Cl)cc(Cl)c1O. The molecule has 1 saturated heterocycles. The highest BCUT2D eigenvalue weighted by atomic mass is 35.5. The van der Waals surface area contributed by atoms with Crippen LogP contribution in [0.4, 0.5) is 0 Å². The maximum absolute atomic E-state index is 12.2. The van der Waals surface area contributed by atoms with Crippen LogP contribution in [0.5, 0.6) is 5.75 Å². The average molecular weight is 339 g/mol. The number of piperidine rings is 1. The van der Waals surface area contributed by atoms with Gasteiger partial charge in [-0.3, -0.25) is 0 Å². The Morgan fingerprint density at radius 1 is 1.30 bits per heavy atom. The fourth-order valence-electron chi connectivity index (χ4n) is 2.14. The number of phenolic OH excluding ortho intramolecular Hbond substituents is 1. The van der Waals surface area contributed by atoms with Crippen LogP contribution in [0.3, 0.4) is 0 Å². The Morgan fingerprint density at radius 2 is 1.95 bits per heavy atom. The lowest BCUT2D eigenvalue weighted by Crippen LogP contribution is -2.36. The van der Waals surface area contributed by atoms with Gasteiger partial charge in [0.2, 0.25) is 10.0 Å². The molecule has 0 bridgehead atoms. The van der Waals surface area contributed by atoms with Crippen molar-refractivity contribution in [2.45, 2.75) is 17.7 Å². The van der Waals surface area contributed by atoms with Crippen molar-refractivity contribution < 1.29 is 13.5 Å². The summed E-state index contributed by atoms with van der Waals surface area (Å²) in [6.45, 7) is 2.12. The van der Waals surface area contributed by atoms with Crippen LogP contribution in [-0.2, 0) is 10.0 Å². The molecule has 1 aliphatic rings. The molecule has 8 heteroatoms. The zero-order valence-electron chi connectivity index (χ0n) is 10.7. The summed E-state index contributed by atoms with van der Waals surface area (Å²) in [7, 11) is -3.82. The lowest BCUT2D eigenvalue weighted by molar-refractivity contribution is 0.372. The van der Waals surface area contributed by atoms with E-state index < -0.39 is 15.8 Å². The lowest BCUT2D eigenvalue weighted by Gasteiger charge is -2.22. The van der Waals surface area contributed by atoms with Crippen molar-refractivity contribution in [2.75, 3.05) is 19.6 Å². The minimum atomic E-state index is -3.82. The molecule has 3 N–H and O–H groups in total. The zero-order chi connectivity index (χ0) is 14.8. The zero-order valence-corrected chi connectivity index (χ0v) is 13.0. The van der Waals surface area contributed by atoms with Gasteiger partial charge in [0.25, 0.3) is 0 Å². The van der Waals surface area contributed by atoms with E-state index in [9.17, 15) is 13.5 Å². The van der Waals surface area contributed by atoms with Crippen molar-refractivity contribution in [1.82, 2.24) is 10.0 Å². The molecule has 1 aromatic carbocycles. The van der Waals surface area contributed by atoms with Gasteiger partial charge < -0.3 is 10.4 Å². The summed E-state index contributed by atoms with van der Waals surface area (Å²) < 4.78 is 26.9. The molecular weight excluding hydrogens is 323 g/mol. The lowest BCUT2D eigenvalue weighted by atomic mass is 9.99. The Bertz CT molecular complexity index is 587. The number of rotatable bonds is 4. The number of nitrogens with one attached hydrogen (secondary N) is 2. The minimum Gasteiger partial charge on any atom is -0.505 e. The van der Waals surface area contributed by atoms with Crippen LogP contribution in [0.15, 0.2) is 17.0 Å². The van der Waals surface area contributed by atoms with E-state index in [0.717, 1.165) is 25.9 Å². The molecule has 1 aliphatic heterocycles. The minimum absolute atomic E-state index is 0.0836. The average Bonchev–Trinajstić information content (AvgIpc) is 2.42. The first-order chi connectivity index (χ1) is 9.40. The maximum atomic E-state index is 12.2. The van der Waals surface area contributed by atoms with Crippen molar-refractivity contribution in [3.05, 3.63) is 22.2 Å². The summed E-state index contributed by atoms with van der Waals surface area (Å²) in [6.07, 6.45) is 1.84. The standard InChI is InChI=1S/C12H16Cl2N2O3S/c13-9-5-10(14)12(17)11(6-9)20(18,19)16-7-8-1-3-15-4-2-8/h5-6,8,15-17H,1-4,7H2. The van der Waals surface area contributed by atoms with Gasteiger partial charge in [-0.15, -0.1) is 0 Å². The van der Waals surface area contributed by atoms with Crippen molar-refractivity contribution in [2.24, 2.45) is 5.92 Å². The molecule has 0 aliphatic carbocycles. The first-order valence-electron chi connectivity index (χ1n) is 6.28. The van der Waals surface area contributed by atoms with E-state index >= 15 is 0 Å². The number of benzene rings is 1. The van der Waals surface area contributed by atoms with Crippen molar-refractivity contribution >= 4 is 33.2 Å². The number of halogens is 2. The molecule has 0 radical (unpaired) electrons. The molecule has 20 heavy (non-hydrogen) atoms. The number of hydrogen-bond donors (Lipinski definition) is 3. The molecule has 5 nitrogen and oxygen atoms in total. The van der Waals surface area contributed by atoms with Gasteiger partial charge in [-0.25, -0.2) is 13.1 Å². The summed E-state index contributed by atoms with van der Waals surface area (Å²) in [5.41, 5.74) is 0. The summed E-state index contributed by atoms with van der Waals surface area (Å²) >= 11 is 11.5. The number of hydrogen-bond acceptors (Lipinski definition) is 4. The topological polar surface area (TPSA) is 78.4 Å². The first kappa shape index (κ1) is 15.9. The number of sulfonamides is 1. The highest BCUT2D eigenvalue weighted by molar-refractivity contribution is 7.89. The molecule has 0 saturated carbocycles. The van der Waals surface area contributed by atoms with Crippen molar-refractivity contribution in [3.63, 3.8) is 0 Å². The Morgan fingerprint density at radius 3 is 2.60 bits per heavy atom. The van der Waals surface area contributed by atoms with E-state index in [-0.39, 0.29) is 14.9 Å². The Hall–Kier alpha value is -0.530. The quantitative estimate of drug-likeness (QED) is 0.784. The fraction of sp³-hybridized carbons (Fsp3) is 0.500. The molecule has 1 heterocycles. The van der Waals surface area contributed by atoms with Crippen LogP contribution in [0.1, 0.15) is 12.8 Å². The van der Waals surface area contributed by atoms with Crippen LogP contribution in [0, 0.1) is 5.92 Å². The van der Waals surface area contributed by atoms with E-state index in [0.29, 0.717) is 12.5 Å². The summed E-state index contributed by atoms with van der Waals surface area (Å²) in [4.78, 5) is -0.288. The second-order valence-electron chi connectivity index (χ2n) is 4.78. The largest absolute Gasteiger partial charge is 0.505 e. The first-order valence-corrected chi connectivity index (χ1v) is 8.52. The highest BCUT2D eigenvalue weighted by Crippen LogP contribution is 2.34. The predicted octanol–water partition coefficient (Wildman–Crippen LogP) is 1.98. The third-order valence-electron chi connectivity index (χ3n) is 3.30. The monoisotopic (exact) mass is 338 g/mol. The normalized spacial score (nSPS) is 17.3. The Balaban J connectivity index is 2.14. The van der Waals surface area contributed by atoms with E-state index in [1.807, 2.05) is 0 Å². The van der Waals surface area contributed by atoms with E-state index in [1.54, 1.807) is 0 Å². The van der Waals surface area contributed by atoms with Crippen LogP contribution in [0.25, 0.3) is 0 Å². The highest BCUT2D eigenvalue weighted by Gasteiger charge is 2.23. The molecule has 1 aromatic rings. The van der Waals surface area contributed by atoms with Gasteiger partial charge in [0.1, 0.15) is 4.90 Å². The smallest absolute Gasteiger partial charge is 0.244 e. The van der Waals surface area contributed by atoms with E-state index in [1.165, 1.54) is 12.1 Å². The van der Waals surface area contributed by atoms with E-state index in [4.69, 9.17) is 23.2 Å². The van der Waals surface area contributed by atoms with Gasteiger partial charge in [-0.1, -0.05) is 23.2 Å². The fourth-order valence-corrected chi connectivity index (χ4v) is 4.01. The summed E-state index contributed by atoms with van der Waals surface area (Å²) in [6, 6.07) is 2.48. The van der Waals surface area contributed by atoms with Gasteiger partial charge in [0, 0.05) is 11.6 Å². The molecule has 1 fully saturated rings. The van der Waals surface area contributed by atoms with Crippen LogP contribution < -0.4 is 10.0 Å². The molecule has 0 aromatic heterocycles. The second kappa shape index (κ2) is 6.49. The Labute approximate surface area is 128 Å².